The molecule has 0 fully saturated rings. The summed E-state index contributed by atoms with van der Waals surface area (Å²) in [7, 11) is 0. The summed E-state index contributed by atoms with van der Waals surface area (Å²) in [5.41, 5.74) is 2.34. The van der Waals surface area contributed by atoms with Gasteiger partial charge in [0.2, 0.25) is 11.6 Å². The lowest BCUT2D eigenvalue weighted by atomic mass is 10.0. The minimum absolute atomic E-state index is 0.0521. The number of anilines is 1. The quantitative estimate of drug-likeness (QED) is 0.708. The van der Waals surface area contributed by atoms with Crippen molar-refractivity contribution in [2.75, 3.05) is 11.9 Å². The molecule has 0 spiro atoms. The molecule has 2 atom stereocenters. The summed E-state index contributed by atoms with van der Waals surface area (Å²) >= 11 is 0. The maximum absolute atomic E-state index is 12.9. The van der Waals surface area contributed by atoms with E-state index in [2.05, 4.69) is 17.2 Å². The third-order valence-corrected chi connectivity index (χ3v) is 5.06. The van der Waals surface area contributed by atoms with E-state index in [1.807, 2.05) is 24.3 Å². The van der Waals surface area contributed by atoms with E-state index < -0.39 is 18.8 Å². The fourth-order valence-corrected chi connectivity index (χ4v) is 3.44. The molecule has 8 nitrogen and oxygen atoms in total. The zero-order valence-corrected chi connectivity index (χ0v) is 15.4. The molecule has 0 saturated carbocycles. The van der Waals surface area contributed by atoms with Crippen molar-refractivity contribution in [1.29, 1.82) is 0 Å². The lowest BCUT2D eigenvalue weighted by molar-refractivity contribution is -0.0873. The van der Waals surface area contributed by atoms with E-state index in [-0.39, 0.29) is 41.8 Å². The average Bonchev–Trinajstić information content (AvgIpc) is 3.11. The number of imidazole rings is 1. The molecular weight excluding hydrogens is 362 g/mol. The number of hydrogen-bond acceptors (Lipinski definition) is 7. The van der Waals surface area contributed by atoms with Gasteiger partial charge >= 0.3 is 0 Å². The van der Waals surface area contributed by atoms with Crippen LogP contribution in [0.2, 0.25) is 0 Å². The third-order valence-electron chi connectivity index (χ3n) is 5.06. The predicted octanol–water partition coefficient (Wildman–Crippen LogP) is 1.07. The summed E-state index contributed by atoms with van der Waals surface area (Å²) in [5.74, 6) is -0.245. The molecule has 2 aliphatic rings. The molecule has 0 bridgehead atoms. The topological polar surface area (TPSA) is 114 Å². The molecule has 0 unspecified atom stereocenters. The molecule has 0 amide bonds. The number of ether oxygens (including phenoxy) is 1. The number of aliphatic hydroxyl groups is 2. The molecule has 146 valence electrons. The van der Waals surface area contributed by atoms with E-state index in [0.29, 0.717) is 11.5 Å². The van der Waals surface area contributed by atoms with Gasteiger partial charge in [0.25, 0.3) is 0 Å². The fourth-order valence-electron chi connectivity index (χ4n) is 3.44. The van der Waals surface area contributed by atoms with Crippen LogP contribution in [0.1, 0.15) is 39.3 Å². The summed E-state index contributed by atoms with van der Waals surface area (Å²) in [6.45, 7) is 1.81. The van der Waals surface area contributed by atoms with E-state index >= 15 is 0 Å². The highest BCUT2D eigenvalue weighted by atomic mass is 16.5. The molecule has 0 radical (unpaired) electrons. The lowest BCUT2D eigenvalue weighted by Crippen LogP contribution is -2.40. The van der Waals surface area contributed by atoms with Gasteiger partial charge in [-0.25, -0.2) is 4.98 Å². The van der Waals surface area contributed by atoms with Crippen LogP contribution in [0.3, 0.4) is 0 Å². The Labute approximate surface area is 161 Å². The van der Waals surface area contributed by atoms with E-state index in [1.165, 1.54) is 11.6 Å². The number of ketones is 2. The van der Waals surface area contributed by atoms with Gasteiger partial charge in [-0.3, -0.25) is 9.59 Å². The van der Waals surface area contributed by atoms with E-state index in [0.717, 1.165) is 6.42 Å². The van der Waals surface area contributed by atoms with Crippen molar-refractivity contribution in [2.24, 2.45) is 0 Å². The summed E-state index contributed by atoms with van der Waals surface area (Å²) in [6.07, 6.45) is 0.455. The Morgan fingerprint density at radius 2 is 2.07 bits per heavy atom. The average molecular weight is 383 g/mol. The second kappa shape index (κ2) is 7.31. The van der Waals surface area contributed by atoms with Gasteiger partial charge in [-0.1, -0.05) is 19.1 Å². The van der Waals surface area contributed by atoms with Crippen LogP contribution in [0.4, 0.5) is 5.69 Å². The zero-order valence-electron chi connectivity index (χ0n) is 15.4. The number of benzene rings is 1. The molecule has 0 saturated heterocycles. The Morgan fingerprint density at radius 3 is 2.75 bits per heavy atom. The number of allylic oxidation sites excluding steroid dienone is 2. The van der Waals surface area contributed by atoms with Gasteiger partial charge < -0.3 is 24.8 Å². The minimum Gasteiger partial charge on any atom is -0.394 e. The van der Waals surface area contributed by atoms with Gasteiger partial charge in [0.05, 0.1) is 18.8 Å². The maximum Gasteiger partial charge on any atom is 0.230 e. The monoisotopic (exact) mass is 383 g/mol. The van der Waals surface area contributed by atoms with Crippen LogP contribution in [0.25, 0.3) is 0 Å². The molecule has 2 aromatic rings. The fraction of sp³-hybridized carbons (Fsp3) is 0.350. The number of hydrogen-bond donors (Lipinski definition) is 3. The van der Waals surface area contributed by atoms with Crippen LogP contribution in [0.5, 0.6) is 0 Å². The molecule has 1 aromatic heterocycles. The highest BCUT2D eigenvalue weighted by Crippen LogP contribution is 2.27. The van der Waals surface area contributed by atoms with Crippen LogP contribution in [-0.2, 0) is 24.3 Å². The Bertz CT molecular complexity index is 961. The number of aromatic nitrogens is 2. The van der Waals surface area contributed by atoms with Gasteiger partial charge in [0, 0.05) is 11.8 Å². The Kier molecular flexibility index (Phi) is 4.84. The van der Waals surface area contributed by atoms with Crippen molar-refractivity contribution < 1.29 is 24.5 Å². The normalized spacial score (nSPS) is 19.7. The number of aryl methyl sites for hydroxylation is 1. The zero-order chi connectivity index (χ0) is 19.8. The van der Waals surface area contributed by atoms with Crippen molar-refractivity contribution in [2.45, 2.75) is 38.7 Å². The number of aliphatic hydroxyl groups excluding tert-OH is 2. The van der Waals surface area contributed by atoms with Gasteiger partial charge in [-0.05, 0) is 24.1 Å². The molecule has 3 N–H and O–H groups in total. The molecule has 28 heavy (non-hydrogen) atoms. The second-order valence-electron chi connectivity index (χ2n) is 6.86. The van der Waals surface area contributed by atoms with Crippen LogP contribution in [0.15, 0.2) is 36.0 Å². The predicted molar refractivity (Wildman–Crippen MR) is 100 cm³/mol. The molecule has 8 heteroatoms. The van der Waals surface area contributed by atoms with Crippen molar-refractivity contribution in [3.05, 3.63) is 58.8 Å². The molecule has 4 rings (SSSR count). The highest BCUT2D eigenvalue weighted by molar-refractivity contribution is 6.24. The molecular formula is C20H21N3O5. The van der Waals surface area contributed by atoms with Crippen molar-refractivity contribution in [3.63, 3.8) is 0 Å². The van der Waals surface area contributed by atoms with E-state index in [4.69, 9.17) is 9.84 Å². The summed E-state index contributed by atoms with van der Waals surface area (Å²) in [6, 6.07) is 7.64. The van der Waals surface area contributed by atoms with Gasteiger partial charge in [0.15, 0.2) is 0 Å². The SMILES string of the molecule is CCc1ccc(NC2=CC(=O)c3c(nc4n3C[C@@H]([C@H](O)CO)OC4)C2=O)cc1. The molecule has 2 heterocycles. The smallest absolute Gasteiger partial charge is 0.230 e. The van der Waals surface area contributed by atoms with Crippen molar-refractivity contribution in [3.8, 4) is 0 Å². The Balaban J connectivity index is 1.61. The molecule has 1 aliphatic carbocycles. The number of nitrogens with one attached hydrogen (secondary N) is 1. The van der Waals surface area contributed by atoms with Gasteiger partial charge in [-0.2, -0.15) is 0 Å². The largest absolute Gasteiger partial charge is 0.394 e. The van der Waals surface area contributed by atoms with Gasteiger partial charge in [-0.15, -0.1) is 0 Å². The van der Waals surface area contributed by atoms with Crippen LogP contribution in [0, 0.1) is 0 Å². The molecule has 1 aromatic carbocycles. The first-order valence-electron chi connectivity index (χ1n) is 9.18. The van der Waals surface area contributed by atoms with E-state index in [1.54, 1.807) is 4.57 Å². The summed E-state index contributed by atoms with van der Waals surface area (Å²) in [4.78, 5) is 29.9. The number of nitrogens with zero attached hydrogens (tertiary/aromatic N) is 2. The number of carbonyl (C=O) groups excluding carboxylic acids is 2. The number of Topliss-reactive ketones (excluding diaryl/α,β-unsaturated/α-hetero) is 1. The van der Waals surface area contributed by atoms with Crippen LogP contribution in [-0.4, -0.2) is 50.1 Å². The second-order valence-corrected chi connectivity index (χ2v) is 6.86. The number of carbonyl (C=O) groups is 2. The minimum atomic E-state index is -1.07. The molecule has 1 aliphatic heterocycles. The first kappa shape index (κ1) is 18.5. The summed E-state index contributed by atoms with van der Waals surface area (Å²) < 4.78 is 7.10. The van der Waals surface area contributed by atoms with Crippen molar-refractivity contribution in [1.82, 2.24) is 9.55 Å². The van der Waals surface area contributed by atoms with Gasteiger partial charge in [0.1, 0.15) is 36.0 Å². The Hall–Kier alpha value is -2.81. The first-order chi connectivity index (χ1) is 13.5. The number of rotatable bonds is 5. The highest BCUT2D eigenvalue weighted by Gasteiger charge is 2.36. The number of fused-ring (bicyclic) bond motifs is 3. The Morgan fingerprint density at radius 1 is 1.32 bits per heavy atom. The van der Waals surface area contributed by atoms with Crippen LogP contribution >= 0.6 is 0 Å². The first-order valence-corrected chi connectivity index (χ1v) is 9.18. The van der Waals surface area contributed by atoms with Crippen LogP contribution < -0.4 is 5.32 Å². The third kappa shape index (κ3) is 3.15. The maximum atomic E-state index is 12.9. The van der Waals surface area contributed by atoms with Crippen molar-refractivity contribution >= 4 is 17.3 Å². The standard InChI is InChI=1S/C20H21N3O5/c1-2-11-3-5-12(6-4-11)21-13-7-14(25)19-18(20(13)27)22-17-10-28-16(8-23(17)19)15(26)9-24/h3-7,15-16,21,24,26H,2,8-10H2,1H3/t15-,16+/m1/s1. The summed E-state index contributed by atoms with van der Waals surface area (Å²) in [5, 5.41) is 22.0. The lowest BCUT2D eigenvalue weighted by Gasteiger charge is -2.28. The van der Waals surface area contributed by atoms with E-state index in [9.17, 15) is 14.7 Å².